The summed E-state index contributed by atoms with van der Waals surface area (Å²) in [5.41, 5.74) is 1.61. The second-order valence-electron chi connectivity index (χ2n) is 4.96. The van der Waals surface area contributed by atoms with Gasteiger partial charge in [0.15, 0.2) is 0 Å². The van der Waals surface area contributed by atoms with Crippen LogP contribution in [0.1, 0.15) is 25.3 Å². The van der Waals surface area contributed by atoms with Gasteiger partial charge in [0, 0.05) is 23.5 Å². The number of carbonyl (C=O) groups is 1. The highest BCUT2D eigenvalue weighted by Gasteiger charge is 2.34. The number of hydrogen-bond donors (Lipinski definition) is 2. The number of pyridine rings is 1. The Balaban J connectivity index is 2.08. The number of piperidine rings is 1. The van der Waals surface area contributed by atoms with Crippen molar-refractivity contribution in [2.75, 3.05) is 18.4 Å². The molecule has 0 aliphatic carbocycles. The molecule has 1 saturated heterocycles. The molecule has 2 N–H and O–H groups in total. The number of carbonyl (C=O) groups excluding carboxylic acids is 1. The van der Waals surface area contributed by atoms with Crippen molar-refractivity contribution in [1.82, 2.24) is 10.3 Å². The molecule has 1 aromatic heterocycles. The summed E-state index contributed by atoms with van der Waals surface area (Å²) in [7, 11) is 0. The Morgan fingerprint density at radius 2 is 2.18 bits per heavy atom. The molecule has 0 bridgehead atoms. The van der Waals surface area contributed by atoms with Gasteiger partial charge < -0.3 is 10.6 Å². The summed E-state index contributed by atoms with van der Waals surface area (Å²) in [5, 5.41) is 6.29. The van der Waals surface area contributed by atoms with Crippen LogP contribution in [0.2, 0.25) is 0 Å². The number of anilines is 1. The highest BCUT2D eigenvalue weighted by molar-refractivity contribution is 5.95. The van der Waals surface area contributed by atoms with Gasteiger partial charge in [-0.25, -0.2) is 0 Å². The smallest absolute Gasteiger partial charge is 0.230 e. The molecule has 1 amide bonds. The molecular formula is C13H19N3O. The third-order valence-electron chi connectivity index (χ3n) is 3.52. The second kappa shape index (κ2) is 4.84. The monoisotopic (exact) mass is 233 g/mol. The van der Waals surface area contributed by atoms with Crippen molar-refractivity contribution in [3.8, 4) is 0 Å². The SMILES string of the molecule is Cc1cnccc1NC(=O)C1(C)CCNCC1. The minimum Gasteiger partial charge on any atom is -0.325 e. The third kappa shape index (κ3) is 2.64. The predicted molar refractivity (Wildman–Crippen MR) is 67.8 cm³/mol. The summed E-state index contributed by atoms with van der Waals surface area (Å²) in [5.74, 6) is 0.119. The first-order valence-electron chi connectivity index (χ1n) is 6.05. The largest absolute Gasteiger partial charge is 0.325 e. The number of nitrogens with one attached hydrogen (secondary N) is 2. The van der Waals surface area contributed by atoms with E-state index in [4.69, 9.17) is 0 Å². The first-order valence-corrected chi connectivity index (χ1v) is 6.05. The summed E-state index contributed by atoms with van der Waals surface area (Å²) in [6, 6.07) is 1.84. The maximum Gasteiger partial charge on any atom is 0.230 e. The van der Waals surface area contributed by atoms with Gasteiger partial charge in [0.05, 0.1) is 0 Å². The standard InChI is InChI=1S/C13H19N3O/c1-10-9-15-6-3-11(10)16-12(17)13(2)4-7-14-8-5-13/h3,6,9,14H,4-5,7-8H2,1-2H3,(H,15,16,17). The van der Waals surface area contributed by atoms with Crippen LogP contribution >= 0.6 is 0 Å². The Kier molecular flexibility index (Phi) is 3.43. The van der Waals surface area contributed by atoms with Crippen LogP contribution in [0.4, 0.5) is 5.69 Å². The van der Waals surface area contributed by atoms with Gasteiger partial charge in [0.1, 0.15) is 0 Å². The molecule has 0 spiro atoms. The zero-order valence-corrected chi connectivity index (χ0v) is 10.4. The summed E-state index contributed by atoms with van der Waals surface area (Å²) in [6.45, 7) is 5.82. The summed E-state index contributed by atoms with van der Waals surface area (Å²) < 4.78 is 0. The van der Waals surface area contributed by atoms with Crippen LogP contribution < -0.4 is 10.6 Å². The molecule has 1 fully saturated rings. The summed E-state index contributed by atoms with van der Waals surface area (Å²) >= 11 is 0. The second-order valence-corrected chi connectivity index (χ2v) is 4.96. The zero-order valence-electron chi connectivity index (χ0n) is 10.4. The minimum atomic E-state index is -0.249. The molecule has 1 aliphatic rings. The van der Waals surface area contributed by atoms with E-state index in [2.05, 4.69) is 15.6 Å². The molecule has 0 atom stereocenters. The van der Waals surface area contributed by atoms with Crippen molar-refractivity contribution in [2.24, 2.45) is 5.41 Å². The fourth-order valence-corrected chi connectivity index (χ4v) is 2.09. The van der Waals surface area contributed by atoms with Crippen LogP contribution in [0.3, 0.4) is 0 Å². The maximum atomic E-state index is 12.3. The van der Waals surface area contributed by atoms with Crippen LogP contribution in [-0.4, -0.2) is 24.0 Å². The molecule has 0 radical (unpaired) electrons. The zero-order chi connectivity index (χ0) is 12.3. The lowest BCUT2D eigenvalue weighted by atomic mass is 9.80. The fourth-order valence-electron chi connectivity index (χ4n) is 2.09. The van der Waals surface area contributed by atoms with E-state index >= 15 is 0 Å². The van der Waals surface area contributed by atoms with Crippen molar-refractivity contribution < 1.29 is 4.79 Å². The summed E-state index contributed by atoms with van der Waals surface area (Å²) in [6.07, 6.45) is 5.25. The van der Waals surface area contributed by atoms with Gasteiger partial charge in [0.25, 0.3) is 0 Å². The molecule has 0 unspecified atom stereocenters. The number of nitrogens with zero attached hydrogens (tertiary/aromatic N) is 1. The van der Waals surface area contributed by atoms with Gasteiger partial charge in [-0.3, -0.25) is 9.78 Å². The minimum absolute atomic E-state index is 0.119. The summed E-state index contributed by atoms with van der Waals surface area (Å²) in [4.78, 5) is 16.3. The average molecular weight is 233 g/mol. The van der Waals surface area contributed by atoms with Gasteiger partial charge in [-0.1, -0.05) is 6.92 Å². The first kappa shape index (κ1) is 12.0. The van der Waals surface area contributed by atoms with E-state index in [1.165, 1.54) is 0 Å². The Morgan fingerprint density at radius 3 is 2.82 bits per heavy atom. The van der Waals surface area contributed by atoms with Crippen molar-refractivity contribution >= 4 is 11.6 Å². The van der Waals surface area contributed by atoms with Crippen molar-refractivity contribution in [2.45, 2.75) is 26.7 Å². The number of hydrogen-bond acceptors (Lipinski definition) is 3. The molecule has 1 aromatic rings. The van der Waals surface area contributed by atoms with Crippen LogP contribution in [0.5, 0.6) is 0 Å². The molecule has 2 heterocycles. The maximum absolute atomic E-state index is 12.3. The van der Waals surface area contributed by atoms with E-state index < -0.39 is 0 Å². The van der Waals surface area contributed by atoms with Crippen LogP contribution in [0.15, 0.2) is 18.5 Å². The lowest BCUT2D eigenvalue weighted by Crippen LogP contribution is -2.42. The molecule has 0 aromatic carbocycles. The number of aromatic nitrogens is 1. The average Bonchev–Trinajstić information content (AvgIpc) is 2.33. The lowest BCUT2D eigenvalue weighted by Gasteiger charge is -2.32. The Hall–Kier alpha value is -1.42. The molecular weight excluding hydrogens is 214 g/mol. The number of aryl methyl sites for hydroxylation is 1. The van der Waals surface area contributed by atoms with Gasteiger partial charge in [0.2, 0.25) is 5.91 Å². The van der Waals surface area contributed by atoms with Gasteiger partial charge in [-0.15, -0.1) is 0 Å². The highest BCUT2D eigenvalue weighted by Crippen LogP contribution is 2.29. The van der Waals surface area contributed by atoms with Crippen molar-refractivity contribution in [3.05, 3.63) is 24.0 Å². The normalized spacial score (nSPS) is 18.7. The molecule has 0 saturated carbocycles. The molecule has 1 aliphatic heterocycles. The molecule has 17 heavy (non-hydrogen) atoms. The quantitative estimate of drug-likeness (QED) is 0.817. The Bertz CT molecular complexity index is 411. The molecule has 2 rings (SSSR count). The van der Waals surface area contributed by atoms with E-state index in [1.54, 1.807) is 12.4 Å². The highest BCUT2D eigenvalue weighted by atomic mass is 16.2. The number of rotatable bonds is 2. The third-order valence-corrected chi connectivity index (χ3v) is 3.52. The fraction of sp³-hybridized carbons (Fsp3) is 0.538. The van der Waals surface area contributed by atoms with E-state index in [9.17, 15) is 4.79 Å². The van der Waals surface area contributed by atoms with E-state index in [1.807, 2.05) is 19.9 Å². The van der Waals surface area contributed by atoms with Crippen molar-refractivity contribution in [3.63, 3.8) is 0 Å². The lowest BCUT2D eigenvalue weighted by molar-refractivity contribution is -0.126. The Morgan fingerprint density at radius 1 is 1.47 bits per heavy atom. The van der Waals surface area contributed by atoms with E-state index in [0.29, 0.717) is 0 Å². The van der Waals surface area contributed by atoms with Crippen LogP contribution in [0.25, 0.3) is 0 Å². The van der Waals surface area contributed by atoms with Gasteiger partial charge in [-0.2, -0.15) is 0 Å². The Labute approximate surface area is 102 Å². The van der Waals surface area contributed by atoms with Crippen LogP contribution in [-0.2, 0) is 4.79 Å². The van der Waals surface area contributed by atoms with Crippen LogP contribution in [0, 0.1) is 12.3 Å². The molecule has 4 nitrogen and oxygen atoms in total. The first-order chi connectivity index (χ1) is 8.12. The van der Waals surface area contributed by atoms with Gasteiger partial charge in [-0.05, 0) is 44.5 Å². The molecule has 4 heteroatoms. The van der Waals surface area contributed by atoms with Gasteiger partial charge >= 0.3 is 0 Å². The van der Waals surface area contributed by atoms with E-state index in [0.717, 1.165) is 37.2 Å². The molecule has 92 valence electrons. The predicted octanol–water partition coefficient (Wildman–Crippen LogP) is 1.72. The van der Waals surface area contributed by atoms with E-state index in [-0.39, 0.29) is 11.3 Å². The number of amides is 1. The topological polar surface area (TPSA) is 54.0 Å². The van der Waals surface area contributed by atoms with Crippen molar-refractivity contribution in [1.29, 1.82) is 0 Å².